The minimum atomic E-state index is -0.246. The molecular weight excluding hydrogens is 332 g/mol. The maximum absolute atomic E-state index is 12.5. The summed E-state index contributed by atoms with van der Waals surface area (Å²) in [5.41, 5.74) is 2.02. The fraction of sp³-hybridized carbons (Fsp3) is 0.667. The average Bonchev–Trinajstić information content (AvgIpc) is 3.18. The van der Waals surface area contributed by atoms with Gasteiger partial charge >= 0.3 is 0 Å². The molecule has 1 aromatic carbocycles. The van der Waals surface area contributed by atoms with Crippen LogP contribution >= 0.6 is 0 Å². The zero-order valence-electron chi connectivity index (χ0n) is 17.1. The zero-order valence-corrected chi connectivity index (χ0v) is 17.1. The number of nitriles is 1. The lowest BCUT2D eigenvalue weighted by Gasteiger charge is -2.19. The Morgan fingerprint density at radius 1 is 1.00 bits per heavy atom. The summed E-state index contributed by atoms with van der Waals surface area (Å²) in [5.74, 6) is 0.00420. The summed E-state index contributed by atoms with van der Waals surface area (Å²) in [6.45, 7) is 2.97. The van der Waals surface area contributed by atoms with Crippen LogP contribution in [-0.2, 0) is 6.42 Å². The molecule has 1 aliphatic heterocycles. The number of unbranched alkanes of at least 4 members (excludes halogenated alkanes) is 9. The van der Waals surface area contributed by atoms with Gasteiger partial charge in [0.2, 0.25) is 0 Å². The largest absolute Gasteiger partial charge is 0.323 e. The van der Waals surface area contributed by atoms with Crippen LogP contribution in [0.25, 0.3) is 0 Å². The van der Waals surface area contributed by atoms with Crippen molar-refractivity contribution < 1.29 is 4.79 Å². The van der Waals surface area contributed by atoms with Gasteiger partial charge in [0.15, 0.2) is 0 Å². The van der Waals surface area contributed by atoms with Crippen LogP contribution in [0.1, 0.15) is 99.9 Å². The first-order valence-electron chi connectivity index (χ1n) is 11.1. The Labute approximate surface area is 165 Å². The number of nitrogens with zero attached hydrogens (tertiary/aromatic N) is 2. The van der Waals surface area contributed by atoms with Crippen LogP contribution in [0.4, 0.5) is 0 Å². The van der Waals surface area contributed by atoms with E-state index >= 15 is 0 Å². The Morgan fingerprint density at radius 3 is 2.19 bits per heavy atom. The van der Waals surface area contributed by atoms with Gasteiger partial charge in [-0.05, 0) is 43.4 Å². The van der Waals surface area contributed by atoms with E-state index in [0.29, 0.717) is 12.1 Å². The highest BCUT2D eigenvalue weighted by atomic mass is 16.2. The van der Waals surface area contributed by atoms with Crippen LogP contribution in [0.2, 0.25) is 0 Å². The number of carbonyl (C=O) groups is 1. The molecule has 3 heteroatoms. The monoisotopic (exact) mass is 368 g/mol. The van der Waals surface area contributed by atoms with Gasteiger partial charge in [0.25, 0.3) is 5.91 Å². The van der Waals surface area contributed by atoms with E-state index in [1.165, 1.54) is 69.8 Å². The molecule has 27 heavy (non-hydrogen) atoms. The lowest BCUT2D eigenvalue weighted by molar-refractivity contribution is 0.0765. The molecule has 0 N–H and O–H groups in total. The van der Waals surface area contributed by atoms with Crippen LogP contribution in [0, 0.1) is 11.3 Å². The number of carbonyl (C=O) groups excluding carboxylic acids is 1. The van der Waals surface area contributed by atoms with Crippen molar-refractivity contribution >= 4 is 5.91 Å². The topological polar surface area (TPSA) is 44.1 Å². The molecule has 0 bridgehead atoms. The summed E-state index contributed by atoms with van der Waals surface area (Å²) in [7, 11) is 0. The second-order valence-corrected chi connectivity index (χ2v) is 7.91. The van der Waals surface area contributed by atoms with E-state index in [1.807, 2.05) is 12.1 Å². The van der Waals surface area contributed by atoms with Gasteiger partial charge in [-0.2, -0.15) is 5.26 Å². The molecule has 3 nitrogen and oxygen atoms in total. The van der Waals surface area contributed by atoms with Gasteiger partial charge in [-0.3, -0.25) is 4.79 Å². The number of hydrogen-bond donors (Lipinski definition) is 0. The van der Waals surface area contributed by atoms with Gasteiger partial charge in [0.05, 0.1) is 6.07 Å². The Bertz CT molecular complexity index is 587. The van der Waals surface area contributed by atoms with Crippen LogP contribution in [-0.4, -0.2) is 23.4 Å². The summed E-state index contributed by atoms with van der Waals surface area (Å²) in [5, 5.41) is 9.16. The SMILES string of the molecule is CCCCCCCCCCCCc1ccc(C(=O)N2CCC[C@H]2C#N)cc1. The number of benzene rings is 1. The summed E-state index contributed by atoms with van der Waals surface area (Å²) in [4.78, 5) is 14.3. The molecule has 0 spiro atoms. The van der Waals surface area contributed by atoms with E-state index in [0.717, 1.165) is 19.3 Å². The number of likely N-dealkylation sites (tertiary alicyclic amines) is 1. The predicted molar refractivity (Wildman–Crippen MR) is 112 cm³/mol. The second-order valence-electron chi connectivity index (χ2n) is 7.91. The fourth-order valence-electron chi connectivity index (χ4n) is 3.94. The number of hydrogen-bond acceptors (Lipinski definition) is 2. The minimum Gasteiger partial charge on any atom is -0.323 e. The maximum Gasteiger partial charge on any atom is 0.254 e. The smallest absolute Gasteiger partial charge is 0.254 e. The third-order valence-corrected chi connectivity index (χ3v) is 5.68. The van der Waals surface area contributed by atoms with E-state index < -0.39 is 0 Å². The van der Waals surface area contributed by atoms with Crippen molar-refractivity contribution in [1.82, 2.24) is 4.90 Å². The summed E-state index contributed by atoms with van der Waals surface area (Å²) in [6.07, 6.45) is 16.4. The molecule has 0 aromatic heterocycles. The van der Waals surface area contributed by atoms with Gasteiger partial charge in [0, 0.05) is 12.1 Å². The summed E-state index contributed by atoms with van der Waals surface area (Å²) >= 11 is 0. The molecule has 0 aliphatic carbocycles. The van der Waals surface area contributed by atoms with Gasteiger partial charge in [-0.25, -0.2) is 0 Å². The van der Waals surface area contributed by atoms with Crippen molar-refractivity contribution in [3.63, 3.8) is 0 Å². The Hall–Kier alpha value is -1.82. The molecule has 2 rings (SSSR count). The third-order valence-electron chi connectivity index (χ3n) is 5.68. The lowest BCUT2D eigenvalue weighted by Crippen LogP contribution is -2.34. The van der Waals surface area contributed by atoms with E-state index in [9.17, 15) is 4.79 Å². The van der Waals surface area contributed by atoms with Crippen molar-refractivity contribution in [3.8, 4) is 6.07 Å². The molecule has 1 amide bonds. The van der Waals surface area contributed by atoms with Gasteiger partial charge < -0.3 is 4.90 Å². The quantitative estimate of drug-likeness (QED) is 0.408. The molecule has 0 unspecified atom stereocenters. The van der Waals surface area contributed by atoms with Crippen molar-refractivity contribution in [3.05, 3.63) is 35.4 Å². The van der Waals surface area contributed by atoms with Crippen LogP contribution in [0.5, 0.6) is 0 Å². The molecule has 1 atom stereocenters. The number of amides is 1. The summed E-state index contributed by atoms with van der Waals surface area (Å²) < 4.78 is 0. The first kappa shape index (κ1) is 21.5. The van der Waals surface area contributed by atoms with Gasteiger partial charge in [0.1, 0.15) is 6.04 Å². The molecule has 1 fully saturated rings. The van der Waals surface area contributed by atoms with Crippen molar-refractivity contribution in [2.45, 2.75) is 96.4 Å². The molecule has 0 radical (unpaired) electrons. The highest BCUT2D eigenvalue weighted by Crippen LogP contribution is 2.20. The molecule has 0 saturated carbocycles. The first-order valence-corrected chi connectivity index (χ1v) is 11.1. The van der Waals surface area contributed by atoms with Crippen LogP contribution in [0.15, 0.2) is 24.3 Å². The lowest BCUT2D eigenvalue weighted by atomic mass is 10.0. The van der Waals surface area contributed by atoms with E-state index in [4.69, 9.17) is 5.26 Å². The van der Waals surface area contributed by atoms with E-state index in [2.05, 4.69) is 25.1 Å². The third kappa shape index (κ3) is 7.37. The number of aryl methyl sites for hydroxylation is 1. The van der Waals surface area contributed by atoms with E-state index in [-0.39, 0.29) is 11.9 Å². The van der Waals surface area contributed by atoms with Crippen LogP contribution in [0.3, 0.4) is 0 Å². The standard InChI is InChI=1S/C24H36N2O/c1-2-3-4-5-6-7-8-9-10-11-13-21-15-17-22(18-16-21)24(27)26-19-12-14-23(26)20-25/h15-18,23H,2-14,19H2,1H3/t23-/m0/s1. The Kier molecular flexibility index (Phi) is 9.98. The molecule has 1 heterocycles. The normalized spacial score (nSPS) is 16.4. The Balaban J connectivity index is 1.60. The molecule has 1 aliphatic rings. The predicted octanol–water partition coefficient (Wildman–Crippen LogP) is 6.28. The maximum atomic E-state index is 12.5. The summed E-state index contributed by atoms with van der Waals surface area (Å²) in [6, 6.07) is 10.0. The first-order chi connectivity index (χ1) is 13.3. The second kappa shape index (κ2) is 12.5. The van der Waals surface area contributed by atoms with E-state index in [1.54, 1.807) is 4.90 Å². The fourth-order valence-corrected chi connectivity index (χ4v) is 3.94. The average molecular weight is 369 g/mol. The highest BCUT2D eigenvalue weighted by molar-refractivity contribution is 5.94. The van der Waals surface area contributed by atoms with Crippen LogP contribution < -0.4 is 0 Å². The molecule has 1 saturated heterocycles. The molecule has 1 aromatic rings. The van der Waals surface area contributed by atoms with Crippen molar-refractivity contribution in [2.24, 2.45) is 0 Å². The Morgan fingerprint density at radius 2 is 1.59 bits per heavy atom. The van der Waals surface area contributed by atoms with Gasteiger partial charge in [-0.1, -0.05) is 76.8 Å². The van der Waals surface area contributed by atoms with Gasteiger partial charge in [-0.15, -0.1) is 0 Å². The molecular formula is C24H36N2O. The molecule has 148 valence electrons. The number of rotatable bonds is 12. The van der Waals surface area contributed by atoms with Crippen molar-refractivity contribution in [1.29, 1.82) is 5.26 Å². The zero-order chi connectivity index (χ0) is 19.3. The van der Waals surface area contributed by atoms with Crippen molar-refractivity contribution in [2.75, 3.05) is 6.54 Å². The minimum absolute atomic E-state index is 0.00420. The highest BCUT2D eigenvalue weighted by Gasteiger charge is 2.29.